The molecule has 0 amide bonds. The summed E-state index contributed by atoms with van der Waals surface area (Å²) in [5.74, 6) is 1.85. The number of fused-ring (bicyclic) bond motifs is 1. The van der Waals surface area contributed by atoms with Crippen LogP contribution in [0, 0.1) is 0 Å². The molecule has 0 aliphatic heterocycles. The molecule has 0 saturated heterocycles. The van der Waals surface area contributed by atoms with Gasteiger partial charge in [0, 0.05) is 30.4 Å². The molecule has 3 rings (SSSR count). The number of nitrogens with zero attached hydrogens (tertiary/aromatic N) is 6. The van der Waals surface area contributed by atoms with E-state index in [9.17, 15) is 0 Å². The van der Waals surface area contributed by atoms with Gasteiger partial charge in [0.2, 0.25) is 11.7 Å². The lowest BCUT2D eigenvalue weighted by Gasteiger charge is -2.10. The van der Waals surface area contributed by atoms with E-state index in [1.807, 2.05) is 27.4 Å². The zero-order chi connectivity index (χ0) is 14.1. The van der Waals surface area contributed by atoms with Gasteiger partial charge in [-0.1, -0.05) is 11.8 Å². The van der Waals surface area contributed by atoms with Crippen molar-refractivity contribution in [2.24, 2.45) is 0 Å². The van der Waals surface area contributed by atoms with E-state index in [2.05, 4.69) is 34.0 Å². The number of rotatable bonds is 4. The lowest BCUT2D eigenvalue weighted by atomic mass is 10.4. The normalized spacial score (nSPS) is 11.6. The predicted octanol–water partition coefficient (Wildman–Crippen LogP) is 1.78. The summed E-state index contributed by atoms with van der Waals surface area (Å²) in [7, 11) is 0. The number of nitrogen functional groups attached to an aromatic ring is 1. The monoisotopic (exact) mass is 289 g/mol. The van der Waals surface area contributed by atoms with Gasteiger partial charge in [-0.05, 0) is 19.9 Å². The molecule has 0 saturated carbocycles. The van der Waals surface area contributed by atoms with Gasteiger partial charge < -0.3 is 5.73 Å². The summed E-state index contributed by atoms with van der Waals surface area (Å²) in [6, 6.07) is 2.11. The average Bonchev–Trinajstić information content (AvgIpc) is 2.99. The van der Waals surface area contributed by atoms with Gasteiger partial charge in [0.1, 0.15) is 0 Å². The quantitative estimate of drug-likeness (QED) is 0.737. The smallest absolute Gasteiger partial charge is 0.233 e. The van der Waals surface area contributed by atoms with Gasteiger partial charge in [-0.25, -0.2) is 9.97 Å². The Kier molecular flexibility index (Phi) is 3.31. The molecule has 0 radical (unpaired) electrons. The first kappa shape index (κ1) is 12.9. The van der Waals surface area contributed by atoms with Crippen molar-refractivity contribution in [2.75, 3.05) is 5.73 Å². The summed E-state index contributed by atoms with van der Waals surface area (Å²) in [5, 5.41) is 8.84. The Bertz CT molecular complexity index is 697. The van der Waals surface area contributed by atoms with Crippen molar-refractivity contribution < 1.29 is 0 Å². The third-order valence-corrected chi connectivity index (χ3v) is 3.82. The average molecular weight is 289 g/mol. The van der Waals surface area contributed by atoms with Crippen molar-refractivity contribution >= 4 is 23.5 Å². The number of anilines is 1. The lowest BCUT2D eigenvalue weighted by Crippen LogP contribution is -2.07. The van der Waals surface area contributed by atoms with Crippen molar-refractivity contribution in [3.63, 3.8) is 0 Å². The van der Waals surface area contributed by atoms with E-state index in [-0.39, 0.29) is 6.04 Å². The fourth-order valence-electron chi connectivity index (χ4n) is 1.96. The fraction of sp³-hybridized carbons (Fsp3) is 0.333. The number of hydrogen-bond acceptors (Lipinski definition) is 6. The standard InChI is InChI=1S/C12H15N7S/c1-8(2)19-10(13)16-17-12(19)20-7-9-6-18-5-3-4-14-11(18)15-9/h3-6,8H,7H2,1-2H3,(H2,13,16). The van der Waals surface area contributed by atoms with Crippen LogP contribution in [0.1, 0.15) is 25.6 Å². The molecule has 3 aromatic heterocycles. The van der Waals surface area contributed by atoms with Crippen LogP contribution in [-0.2, 0) is 5.75 Å². The van der Waals surface area contributed by atoms with Gasteiger partial charge >= 0.3 is 0 Å². The Morgan fingerprint density at radius 1 is 1.35 bits per heavy atom. The molecule has 0 aromatic carbocycles. The summed E-state index contributed by atoms with van der Waals surface area (Å²) in [6.07, 6.45) is 5.63. The van der Waals surface area contributed by atoms with Gasteiger partial charge in [0.25, 0.3) is 0 Å². The van der Waals surface area contributed by atoms with Gasteiger partial charge in [-0.2, -0.15) is 0 Å². The molecular weight excluding hydrogens is 274 g/mol. The second kappa shape index (κ2) is 5.12. The lowest BCUT2D eigenvalue weighted by molar-refractivity contribution is 0.557. The topological polar surface area (TPSA) is 86.9 Å². The molecule has 7 nitrogen and oxygen atoms in total. The molecule has 104 valence electrons. The van der Waals surface area contributed by atoms with Crippen molar-refractivity contribution in [1.29, 1.82) is 0 Å². The Labute approximate surface area is 120 Å². The third kappa shape index (κ3) is 2.34. The van der Waals surface area contributed by atoms with E-state index in [1.54, 1.807) is 18.0 Å². The highest BCUT2D eigenvalue weighted by molar-refractivity contribution is 7.98. The Hall–Kier alpha value is -2.09. The summed E-state index contributed by atoms with van der Waals surface area (Å²) in [4.78, 5) is 8.65. The second-order valence-corrected chi connectivity index (χ2v) is 5.59. The highest BCUT2D eigenvalue weighted by Crippen LogP contribution is 2.25. The first-order chi connectivity index (χ1) is 9.65. The molecular formula is C12H15N7S. The maximum absolute atomic E-state index is 5.82. The summed E-state index contributed by atoms with van der Waals surface area (Å²) in [6.45, 7) is 4.11. The highest BCUT2D eigenvalue weighted by atomic mass is 32.2. The van der Waals surface area contributed by atoms with E-state index in [1.165, 1.54) is 0 Å². The molecule has 2 N–H and O–H groups in total. The second-order valence-electron chi connectivity index (χ2n) is 4.65. The van der Waals surface area contributed by atoms with Gasteiger partial charge in [-0.15, -0.1) is 10.2 Å². The summed E-state index contributed by atoms with van der Waals surface area (Å²) in [5.41, 5.74) is 6.77. The zero-order valence-corrected chi connectivity index (χ0v) is 12.1. The first-order valence-electron chi connectivity index (χ1n) is 6.27. The molecule has 8 heteroatoms. The highest BCUT2D eigenvalue weighted by Gasteiger charge is 2.13. The fourth-order valence-corrected chi connectivity index (χ4v) is 2.92. The summed E-state index contributed by atoms with van der Waals surface area (Å²) < 4.78 is 3.82. The SMILES string of the molecule is CC(C)n1c(N)nnc1SCc1cn2cccnc2n1. The van der Waals surface area contributed by atoms with Crippen LogP contribution >= 0.6 is 11.8 Å². The molecule has 0 atom stereocenters. The van der Waals surface area contributed by atoms with E-state index in [0.29, 0.717) is 17.5 Å². The number of nitrogens with two attached hydrogens (primary N) is 1. The molecule has 3 heterocycles. The van der Waals surface area contributed by atoms with E-state index in [0.717, 1.165) is 10.9 Å². The van der Waals surface area contributed by atoms with Crippen molar-refractivity contribution in [1.82, 2.24) is 29.1 Å². The molecule has 0 fully saturated rings. The van der Waals surface area contributed by atoms with Crippen LogP contribution in [0.25, 0.3) is 5.78 Å². The van der Waals surface area contributed by atoms with E-state index < -0.39 is 0 Å². The van der Waals surface area contributed by atoms with Crippen LogP contribution in [0.4, 0.5) is 5.95 Å². The summed E-state index contributed by atoms with van der Waals surface area (Å²) >= 11 is 1.57. The van der Waals surface area contributed by atoms with Gasteiger partial charge in [-0.3, -0.25) is 8.97 Å². The molecule has 0 aliphatic rings. The molecule has 0 aliphatic carbocycles. The minimum atomic E-state index is 0.232. The Balaban J connectivity index is 1.79. The van der Waals surface area contributed by atoms with Crippen LogP contribution < -0.4 is 5.73 Å². The Morgan fingerprint density at radius 3 is 2.95 bits per heavy atom. The van der Waals surface area contributed by atoms with Crippen LogP contribution in [0.2, 0.25) is 0 Å². The molecule has 0 unspecified atom stereocenters. The number of aromatic nitrogens is 6. The number of hydrogen-bond donors (Lipinski definition) is 1. The minimum absolute atomic E-state index is 0.232. The van der Waals surface area contributed by atoms with Crippen molar-refractivity contribution in [3.8, 4) is 0 Å². The molecule has 0 bridgehead atoms. The third-order valence-electron chi connectivity index (χ3n) is 2.84. The number of imidazole rings is 1. The zero-order valence-electron chi connectivity index (χ0n) is 11.3. The Morgan fingerprint density at radius 2 is 2.20 bits per heavy atom. The van der Waals surface area contributed by atoms with Crippen molar-refractivity contribution in [2.45, 2.75) is 30.8 Å². The molecule has 20 heavy (non-hydrogen) atoms. The molecule has 3 aromatic rings. The maximum Gasteiger partial charge on any atom is 0.233 e. The first-order valence-corrected chi connectivity index (χ1v) is 7.25. The van der Waals surface area contributed by atoms with Crippen LogP contribution in [0.15, 0.2) is 29.8 Å². The largest absolute Gasteiger partial charge is 0.368 e. The predicted molar refractivity (Wildman–Crippen MR) is 77.4 cm³/mol. The maximum atomic E-state index is 5.82. The van der Waals surface area contributed by atoms with Gasteiger partial charge in [0.15, 0.2) is 5.16 Å². The van der Waals surface area contributed by atoms with Crippen LogP contribution in [-0.4, -0.2) is 29.1 Å². The number of thioether (sulfide) groups is 1. The van der Waals surface area contributed by atoms with Crippen molar-refractivity contribution in [3.05, 3.63) is 30.4 Å². The molecule has 0 spiro atoms. The van der Waals surface area contributed by atoms with Crippen LogP contribution in [0.3, 0.4) is 0 Å². The minimum Gasteiger partial charge on any atom is -0.368 e. The van der Waals surface area contributed by atoms with Crippen LogP contribution in [0.5, 0.6) is 0 Å². The van der Waals surface area contributed by atoms with E-state index >= 15 is 0 Å². The van der Waals surface area contributed by atoms with Gasteiger partial charge in [0.05, 0.1) is 5.69 Å². The van der Waals surface area contributed by atoms with E-state index in [4.69, 9.17) is 5.73 Å².